The summed E-state index contributed by atoms with van der Waals surface area (Å²) < 4.78 is 5.27. The van der Waals surface area contributed by atoms with Gasteiger partial charge in [-0.3, -0.25) is 11.3 Å². The van der Waals surface area contributed by atoms with Gasteiger partial charge in [-0.1, -0.05) is 5.57 Å². The first kappa shape index (κ1) is 13.6. The normalized spacial score (nSPS) is 12.8. The molecular formula is C11H24N2O. The van der Waals surface area contributed by atoms with Crippen molar-refractivity contribution in [1.82, 2.24) is 5.43 Å². The molecule has 0 fully saturated rings. The van der Waals surface area contributed by atoms with E-state index in [4.69, 9.17) is 10.6 Å². The summed E-state index contributed by atoms with van der Waals surface area (Å²) in [6.07, 6.45) is 4.25. The molecule has 0 aromatic carbocycles. The lowest BCUT2D eigenvalue weighted by molar-refractivity contribution is 0.140. The summed E-state index contributed by atoms with van der Waals surface area (Å²) in [6, 6.07) is 0.396. The van der Waals surface area contributed by atoms with Gasteiger partial charge in [0.15, 0.2) is 0 Å². The van der Waals surface area contributed by atoms with E-state index in [2.05, 4.69) is 12.0 Å². The van der Waals surface area contributed by atoms with Crippen molar-refractivity contribution in [2.24, 2.45) is 5.84 Å². The van der Waals surface area contributed by atoms with Crippen LogP contribution in [0.3, 0.4) is 0 Å². The van der Waals surface area contributed by atoms with E-state index in [1.54, 1.807) is 0 Å². The van der Waals surface area contributed by atoms with E-state index < -0.39 is 0 Å². The Balaban J connectivity index is 3.42. The molecule has 0 aliphatic carbocycles. The van der Waals surface area contributed by atoms with E-state index in [0.717, 1.165) is 38.9 Å². The van der Waals surface area contributed by atoms with Crippen LogP contribution in [0.5, 0.6) is 0 Å². The molecule has 3 heteroatoms. The molecule has 0 heterocycles. The van der Waals surface area contributed by atoms with Crippen molar-refractivity contribution >= 4 is 0 Å². The van der Waals surface area contributed by atoms with E-state index in [0.29, 0.717) is 6.04 Å². The first-order chi connectivity index (χ1) is 6.70. The quantitative estimate of drug-likeness (QED) is 0.259. The number of allylic oxidation sites excluding steroid dienone is 1. The molecule has 0 aliphatic rings. The third-order valence-corrected chi connectivity index (χ3v) is 2.20. The zero-order valence-corrected chi connectivity index (χ0v) is 9.51. The number of hydrogen-bond acceptors (Lipinski definition) is 3. The largest absolute Gasteiger partial charge is 0.382 e. The SMILES string of the molecule is C=C(C)CCC(CCCOCC)NN. The number of nitrogens with one attached hydrogen (secondary N) is 1. The van der Waals surface area contributed by atoms with E-state index in [-0.39, 0.29) is 0 Å². The molecule has 3 nitrogen and oxygen atoms in total. The average molecular weight is 200 g/mol. The fraction of sp³-hybridized carbons (Fsp3) is 0.818. The molecule has 3 N–H and O–H groups in total. The predicted molar refractivity (Wildman–Crippen MR) is 60.9 cm³/mol. The smallest absolute Gasteiger partial charge is 0.0466 e. The second-order valence-corrected chi connectivity index (χ2v) is 3.70. The zero-order chi connectivity index (χ0) is 10.8. The summed E-state index contributed by atoms with van der Waals surface area (Å²) in [5, 5.41) is 0. The molecule has 0 aromatic heterocycles. The molecular weight excluding hydrogens is 176 g/mol. The Morgan fingerprint density at radius 2 is 2.21 bits per heavy atom. The summed E-state index contributed by atoms with van der Waals surface area (Å²) >= 11 is 0. The summed E-state index contributed by atoms with van der Waals surface area (Å²) in [4.78, 5) is 0. The van der Waals surface area contributed by atoms with Crippen molar-refractivity contribution in [2.75, 3.05) is 13.2 Å². The lowest BCUT2D eigenvalue weighted by Crippen LogP contribution is -2.35. The van der Waals surface area contributed by atoms with Gasteiger partial charge in [-0.05, 0) is 39.5 Å². The minimum absolute atomic E-state index is 0.396. The highest BCUT2D eigenvalue weighted by Crippen LogP contribution is 2.08. The standard InChI is InChI=1S/C11H24N2O/c1-4-14-9-5-6-11(13-12)8-7-10(2)3/h11,13H,2,4-9,12H2,1,3H3. The van der Waals surface area contributed by atoms with Crippen LogP contribution in [0.15, 0.2) is 12.2 Å². The molecule has 1 atom stereocenters. The van der Waals surface area contributed by atoms with Crippen LogP contribution in [0.1, 0.15) is 39.5 Å². The fourth-order valence-corrected chi connectivity index (χ4v) is 1.31. The van der Waals surface area contributed by atoms with E-state index in [1.165, 1.54) is 5.57 Å². The van der Waals surface area contributed by atoms with Gasteiger partial charge < -0.3 is 4.74 Å². The molecule has 0 spiro atoms. The molecule has 0 aliphatic heterocycles. The molecule has 0 rings (SSSR count). The molecule has 0 saturated carbocycles. The van der Waals surface area contributed by atoms with Crippen molar-refractivity contribution in [1.29, 1.82) is 0 Å². The Bertz CT molecular complexity index is 148. The molecule has 0 amide bonds. The number of hydrogen-bond donors (Lipinski definition) is 2. The maximum absolute atomic E-state index is 5.45. The number of ether oxygens (including phenoxy) is 1. The highest BCUT2D eigenvalue weighted by Gasteiger charge is 2.05. The van der Waals surface area contributed by atoms with Crippen molar-refractivity contribution < 1.29 is 4.74 Å². The van der Waals surface area contributed by atoms with Gasteiger partial charge in [0.1, 0.15) is 0 Å². The average Bonchev–Trinajstić information content (AvgIpc) is 2.16. The molecule has 0 radical (unpaired) electrons. The summed E-state index contributed by atoms with van der Waals surface area (Å²) in [5.41, 5.74) is 4.06. The van der Waals surface area contributed by atoms with Crippen LogP contribution < -0.4 is 11.3 Å². The minimum Gasteiger partial charge on any atom is -0.382 e. The Labute approximate surface area is 87.7 Å². The van der Waals surface area contributed by atoms with Crippen molar-refractivity contribution in [3.05, 3.63) is 12.2 Å². The lowest BCUT2D eigenvalue weighted by Gasteiger charge is -2.15. The van der Waals surface area contributed by atoms with Crippen molar-refractivity contribution in [2.45, 2.75) is 45.6 Å². The zero-order valence-electron chi connectivity index (χ0n) is 9.51. The van der Waals surface area contributed by atoms with Crippen LogP contribution in [-0.4, -0.2) is 19.3 Å². The number of hydrazine groups is 1. The van der Waals surface area contributed by atoms with Crippen LogP contribution >= 0.6 is 0 Å². The maximum atomic E-state index is 5.45. The van der Waals surface area contributed by atoms with Gasteiger partial charge in [-0.2, -0.15) is 0 Å². The fourth-order valence-electron chi connectivity index (χ4n) is 1.31. The maximum Gasteiger partial charge on any atom is 0.0466 e. The summed E-state index contributed by atoms with van der Waals surface area (Å²) in [5.74, 6) is 5.45. The number of rotatable bonds is 9. The number of nitrogens with two attached hydrogens (primary N) is 1. The van der Waals surface area contributed by atoms with Crippen LogP contribution in [0, 0.1) is 0 Å². The molecule has 0 bridgehead atoms. The van der Waals surface area contributed by atoms with Crippen LogP contribution in [0.25, 0.3) is 0 Å². The predicted octanol–water partition coefficient (Wildman–Crippen LogP) is 1.99. The third kappa shape index (κ3) is 8.23. The third-order valence-electron chi connectivity index (χ3n) is 2.20. The van der Waals surface area contributed by atoms with Gasteiger partial charge in [0, 0.05) is 19.3 Å². The van der Waals surface area contributed by atoms with Gasteiger partial charge in [0.05, 0.1) is 0 Å². The van der Waals surface area contributed by atoms with E-state index in [1.807, 2.05) is 13.8 Å². The van der Waals surface area contributed by atoms with Gasteiger partial charge in [-0.15, -0.1) is 6.58 Å². The van der Waals surface area contributed by atoms with E-state index in [9.17, 15) is 0 Å². The van der Waals surface area contributed by atoms with E-state index >= 15 is 0 Å². The first-order valence-electron chi connectivity index (χ1n) is 5.39. The molecule has 1 unspecified atom stereocenters. The van der Waals surface area contributed by atoms with Gasteiger partial charge in [0.2, 0.25) is 0 Å². The summed E-state index contributed by atoms with van der Waals surface area (Å²) in [7, 11) is 0. The molecule has 0 saturated heterocycles. The lowest BCUT2D eigenvalue weighted by atomic mass is 10.0. The van der Waals surface area contributed by atoms with Crippen molar-refractivity contribution in [3.8, 4) is 0 Å². The van der Waals surface area contributed by atoms with Crippen LogP contribution in [0.2, 0.25) is 0 Å². The Kier molecular flexibility index (Phi) is 8.94. The Morgan fingerprint density at radius 1 is 1.50 bits per heavy atom. The highest BCUT2D eigenvalue weighted by atomic mass is 16.5. The van der Waals surface area contributed by atoms with Crippen molar-refractivity contribution in [3.63, 3.8) is 0 Å². The Hall–Kier alpha value is -0.380. The highest BCUT2D eigenvalue weighted by molar-refractivity contribution is 4.88. The Morgan fingerprint density at radius 3 is 2.71 bits per heavy atom. The van der Waals surface area contributed by atoms with Gasteiger partial charge in [-0.25, -0.2) is 0 Å². The van der Waals surface area contributed by atoms with Crippen LogP contribution in [-0.2, 0) is 4.74 Å². The molecule has 84 valence electrons. The van der Waals surface area contributed by atoms with Gasteiger partial charge >= 0.3 is 0 Å². The monoisotopic (exact) mass is 200 g/mol. The van der Waals surface area contributed by atoms with Crippen LogP contribution in [0.4, 0.5) is 0 Å². The first-order valence-corrected chi connectivity index (χ1v) is 5.39. The second-order valence-electron chi connectivity index (χ2n) is 3.70. The van der Waals surface area contributed by atoms with Gasteiger partial charge in [0.25, 0.3) is 0 Å². The molecule has 14 heavy (non-hydrogen) atoms. The molecule has 0 aromatic rings. The topological polar surface area (TPSA) is 47.3 Å². The second kappa shape index (κ2) is 9.19. The minimum atomic E-state index is 0.396. The summed E-state index contributed by atoms with van der Waals surface area (Å²) in [6.45, 7) is 9.57.